The molecule has 1 aromatic heterocycles. The van der Waals surface area contributed by atoms with Crippen LogP contribution in [-0.4, -0.2) is 16.0 Å². The van der Waals surface area contributed by atoms with Crippen molar-refractivity contribution >= 4 is 45.2 Å². The molecule has 5 nitrogen and oxygen atoms in total. The van der Waals surface area contributed by atoms with Gasteiger partial charge in [0.1, 0.15) is 0 Å². The number of rotatable bonds is 2. The molecule has 2 rings (SSSR count). The maximum Gasteiger partial charge on any atom is 0.326 e. The van der Waals surface area contributed by atoms with E-state index in [1.54, 1.807) is 36.7 Å². The van der Waals surface area contributed by atoms with Gasteiger partial charge >= 0.3 is 6.03 Å². The van der Waals surface area contributed by atoms with E-state index in [9.17, 15) is 4.79 Å². The van der Waals surface area contributed by atoms with Crippen LogP contribution in [0.3, 0.4) is 0 Å². The Morgan fingerprint density at radius 1 is 1.22 bits per heavy atom. The third kappa shape index (κ3) is 3.68. The smallest absolute Gasteiger partial charge is 0.308 e. The van der Waals surface area contributed by atoms with Crippen molar-refractivity contribution in [1.29, 1.82) is 0 Å². The molecule has 1 aromatic carbocycles. The fourth-order valence-corrected chi connectivity index (χ4v) is 1.60. The zero-order chi connectivity index (χ0) is 13.0. The predicted molar refractivity (Wildman–Crippen MR) is 73.8 cm³/mol. The van der Waals surface area contributed by atoms with Crippen molar-refractivity contribution in [3.8, 4) is 0 Å². The molecule has 0 radical (unpaired) electrons. The highest BCUT2D eigenvalue weighted by molar-refractivity contribution is 9.10. The quantitative estimate of drug-likeness (QED) is 0.886. The second-order valence-electron chi connectivity index (χ2n) is 3.31. The van der Waals surface area contributed by atoms with Crippen LogP contribution in [0, 0.1) is 0 Å². The number of halogens is 2. The van der Waals surface area contributed by atoms with Crippen LogP contribution in [0.25, 0.3) is 0 Å². The minimum absolute atomic E-state index is 0.220. The Hall–Kier alpha value is -1.66. The minimum atomic E-state index is -0.431. The number of aromatic nitrogens is 2. The molecule has 0 fully saturated rings. The summed E-state index contributed by atoms with van der Waals surface area (Å²) in [6.07, 6.45) is 3.09. The number of carbonyl (C=O) groups excluding carboxylic acids is 1. The number of benzene rings is 1. The monoisotopic (exact) mass is 326 g/mol. The number of hydrogen-bond donors (Lipinski definition) is 2. The summed E-state index contributed by atoms with van der Waals surface area (Å²) in [5.41, 5.74) is 0.595. The maximum atomic E-state index is 11.6. The molecule has 7 heteroatoms. The highest BCUT2D eigenvalue weighted by atomic mass is 79.9. The van der Waals surface area contributed by atoms with Gasteiger partial charge in [-0.05, 0) is 34.1 Å². The molecule has 0 aliphatic carbocycles. The van der Waals surface area contributed by atoms with Crippen LogP contribution in [0.1, 0.15) is 0 Å². The number of urea groups is 1. The van der Waals surface area contributed by atoms with Crippen LogP contribution >= 0.6 is 27.5 Å². The summed E-state index contributed by atoms with van der Waals surface area (Å²) >= 11 is 9.01. The highest BCUT2D eigenvalue weighted by Gasteiger charge is 2.04. The third-order valence-corrected chi connectivity index (χ3v) is 2.57. The molecule has 2 aromatic rings. The summed E-state index contributed by atoms with van der Waals surface area (Å²) in [4.78, 5) is 19.5. The Balaban J connectivity index is 1.98. The van der Waals surface area contributed by atoms with E-state index in [4.69, 9.17) is 11.6 Å². The summed E-state index contributed by atoms with van der Waals surface area (Å²) < 4.78 is 0.739. The van der Waals surface area contributed by atoms with E-state index in [1.807, 2.05) is 0 Å². The van der Waals surface area contributed by atoms with E-state index in [0.717, 1.165) is 4.47 Å². The molecule has 0 aliphatic heterocycles. The van der Waals surface area contributed by atoms with Gasteiger partial charge in [0.05, 0.1) is 4.47 Å². The van der Waals surface area contributed by atoms with E-state index >= 15 is 0 Å². The molecule has 92 valence electrons. The van der Waals surface area contributed by atoms with E-state index in [0.29, 0.717) is 10.7 Å². The van der Waals surface area contributed by atoms with Crippen molar-refractivity contribution in [2.24, 2.45) is 0 Å². The maximum absolute atomic E-state index is 11.6. The van der Waals surface area contributed by atoms with Crippen molar-refractivity contribution in [3.63, 3.8) is 0 Å². The Morgan fingerprint density at radius 3 is 2.61 bits per heavy atom. The average Bonchev–Trinajstić information content (AvgIpc) is 2.32. The van der Waals surface area contributed by atoms with Gasteiger partial charge < -0.3 is 5.32 Å². The highest BCUT2D eigenvalue weighted by Crippen LogP contribution is 2.15. The van der Waals surface area contributed by atoms with E-state index in [-0.39, 0.29) is 5.95 Å². The number of hydrogen-bond acceptors (Lipinski definition) is 3. The number of carbonyl (C=O) groups is 1. The molecule has 0 unspecified atom stereocenters. The Labute approximate surface area is 117 Å². The molecule has 0 saturated heterocycles. The van der Waals surface area contributed by atoms with Gasteiger partial charge in [0.25, 0.3) is 0 Å². The molecule has 0 aliphatic rings. The predicted octanol–water partition coefficient (Wildman–Crippen LogP) is 3.54. The molecule has 2 amide bonds. The summed E-state index contributed by atoms with van der Waals surface area (Å²) in [5, 5.41) is 5.67. The van der Waals surface area contributed by atoms with Gasteiger partial charge in [0.15, 0.2) is 0 Å². The van der Waals surface area contributed by atoms with Crippen molar-refractivity contribution in [1.82, 2.24) is 9.97 Å². The first-order valence-electron chi connectivity index (χ1n) is 4.94. The Kier molecular flexibility index (Phi) is 4.11. The molecule has 1 heterocycles. The molecule has 18 heavy (non-hydrogen) atoms. The lowest BCUT2D eigenvalue weighted by Gasteiger charge is -2.06. The van der Waals surface area contributed by atoms with Gasteiger partial charge in [-0.15, -0.1) is 0 Å². The summed E-state index contributed by atoms with van der Waals surface area (Å²) in [7, 11) is 0. The molecule has 2 N–H and O–H groups in total. The minimum Gasteiger partial charge on any atom is -0.308 e. The first kappa shape index (κ1) is 12.8. The Morgan fingerprint density at radius 2 is 1.94 bits per heavy atom. The van der Waals surface area contributed by atoms with E-state index in [1.165, 1.54) is 0 Å². The second-order valence-corrected chi connectivity index (χ2v) is 4.67. The lowest BCUT2D eigenvalue weighted by atomic mass is 10.3. The molecule has 0 atom stereocenters. The van der Waals surface area contributed by atoms with Crippen LogP contribution in [0.5, 0.6) is 0 Å². The van der Waals surface area contributed by atoms with Gasteiger partial charge in [-0.1, -0.05) is 17.7 Å². The number of nitrogens with zero attached hydrogens (tertiary/aromatic N) is 2. The van der Waals surface area contributed by atoms with Crippen LogP contribution in [0.2, 0.25) is 5.02 Å². The Bertz CT molecular complexity index is 561. The van der Waals surface area contributed by atoms with Gasteiger partial charge in [-0.2, -0.15) is 0 Å². The lowest BCUT2D eigenvalue weighted by molar-refractivity contribution is 0.262. The summed E-state index contributed by atoms with van der Waals surface area (Å²) in [6.45, 7) is 0. The van der Waals surface area contributed by atoms with Crippen LogP contribution in [-0.2, 0) is 0 Å². The number of amides is 2. The molecular weight excluding hydrogens is 320 g/mol. The van der Waals surface area contributed by atoms with Crippen LogP contribution in [0.4, 0.5) is 16.4 Å². The van der Waals surface area contributed by atoms with Crippen LogP contribution in [0.15, 0.2) is 41.1 Å². The molecule has 0 bridgehead atoms. The standard InChI is InChI=1S/C11H8BrClN4O/c12-7-5-14-10(15-6-7)17-11(18)16-9-3-1-2-8(13)4-9/h1-6H,(H2,14,15,16,17,18). The largest absolute Gasteiger partial charge is 0.326 e. The topological polar surface area (TPSA) is 66.9 Å². The van der Waals surface area contributed by atoms with Crippen molar-refractivity contribution in [3.05, 3.63) is 46.2 Å². The van der Waals surface area contributed by atoms with Crippen molar-refractivity contribution in [2.75, 3.05) is 10.6 Å². The summed E-state index contributed by atoms with van der Waals surface area (Å²) in [5.74, 6) is 0.220. The zero-order valence-electron chi connectivity index (χ0n) is 9.02. The van der Waals surface area contributed by atoms with Gasteiger partial charge in [-0.3, -0.25) is 5.32 Å². The van der Waals surface area contributed by atoms with Gasteiger partial charge in [0, 0.05) is 23.1 Å². The van der Waals surface area contributed by atoms with E-state index < -0.39 is 6.03 Å². The van der Waals surface area contributed by atoms with Crippen molar-refractivity contribution < 1.29 is 4.79 Å². The third-order valence-electron chi connectivity index (χ3n) is 1.93. The first-order chi connectivity index (χ1) is 8.63. The lowest BCUT2D eigenvalue weighted by Crippen LogP contribution is -2.20. The second kappa shape index (κ2) is 5.79. The number of anilines is 2. The fourth-order valence-electron chi connectivity index (χ4n) is 1.21. The molecular formula is C11H8BrClN4O. The fraction of sp³-hybridized carbons (Fsp3) is 0. The number of nitrogens with one attached hydrogen (secondary N) is 2. The first-order valence-corrected chi connectivity index (χ1v) is 6.12. The summed E-state index contributed by atoms with van der Waals surface area (Å²) in [6, 6.07) is 6.41. The van der Waals surface area contributed by atoms with Gasteiger partial charge in [-0.25, -0.2) is 14.8 Å². The average molecular weight is 328 g/mol. The molecule has 0 saturated carbocycles. The molecule has 0 spiro atoms. The normalized spacial score (nSPS) is 9.89. The van der Waals surface area contributed by atoms with Gasteiger partial charge in [0.2, 0.25) is 5.95 Å². The van der Waals surface area contributed by atoms with E-state index in [2.05, 4.69) is 36.5 Å². The van der Waals surface area contributed by atoms with Crippen LogP contribution < -0.4 is 10.6 Å². The zero-order valence-corrected chi connectivity index (χ0v) is 11.4. The van der Waals surface area contributed by atoms with Crippen molar-refractivity contribution in [2.45, 2.75) is 0 Å². The SMILES string of the molecule is O=C(Nc1cccc(Cl)c1)Nc1ncc(Br)cn1.